The van der Waals surface area contributed by atoms with E-state index >= 15 is 0 Å². The minimum absolute atomic E-state index is 0.116. The largest absolute Gasteiger partial charge is 0.354 e. The van der Waals surface area contributed by atoms with E-state index in [0.717, 1.165) is 18.0 Å². The van der Waals surface area contributed by atoms with Gasteiger partial charge in [0.2, 0.25) is 15.9 Å². The van der Waals surface area contributed by atoms with Crippen molar-refractivity contribution in [2.24, 2.45) is 5.92 Å². The van der Waals surface area contributed by atoms with E-state index in [2.05, 4.69) is 15.4 Å². The number of aryl methyl sites for hydroxylation is 1. The van der Waals surface area contributed by atoms with Gasteiger partial charge in [0.15, 0.2) is 0 Å². The first-order valence-corrected chi connectivity index (χ1v) is 8.99. The maximum atomic E-state index is 12.0. The predicted molar refractivity (Wildman–Crippen MR) is 85.0 cm³/mol. The fourth-order valence-corrected chi connectivity index (χ4v) is 2.99. The second-order valence-corrected chi connectivity index (χ2v) is 7.40. The van der Waals surface area contributed by atoms with Crippen molar-refractivity contribution < 1.29 is 13.2 Å². The first-order valence-electron chi connectivity index (χ1n) is 7.51. The molecule has 6 nitrogen and oxygen atoms in total. The van der Waals surface area contributed by atoms with Crippen LogP contribution in [0.4, 0.5) is 0 Å². The van der Waals surface area contributed by atoms with Crippen LogP contribution in [0.25, 0.3) is 0 Å². The summed E-state index contributed by atoms with van der Waals surface area (Å²) >= 11 is 0. The summed E-state index contributed by atoms with van der Waals surface area (Å²) < 4.78 is 26.5. The number of carbonyl (C=O) groups is 1. The fraction of sp³-hybridized carbons (Fsp3) is 0.533. The van der Waals surface area contributed by atoms with Crippen molar-refractivity contribution in [1.82, 2.24) is 15.4 Å². The Bertz CT molecular complexity index is 595. The third-order valence-electron chi connectivity index (χ3n) is 3.49. The zero-order chi connectivity index (χ0) is 16.0. The minimum atomic E-state index is -3.51. The molecular formula is C15H23N3O3S. The molecule has 0 aromatic heterocycles. The molecule has 0 heterocycles. The summed E-state index contributed by atoms with van der Waals surface area (Å²) in [5, 5.41) is 5.77. The van der Waals surface area contributed by atoms with E-state index < -0.39 is 10.0 Å². The molecule has 1 saturated carbocycles. The maximum absolute atomic E-state index is 12.0. The third-order valence-corrected chi connectivity index (χ3v) is 4.96. The summed E-state index contributed by atoms with van der Waals surface area (Å²) in [4.78, 5) is 11.8. The zero-order valence-electron chi connectivity index (χ0n) is 12.8. The van der Waals surface area contributed by atoms with Crippen molar-refractivity contribution in [3.63, 3.8) is 0 Å². The Morgan fingerprint density at radius 1 is 1.18 bits per heavy atom. The Balaban J connectivity index is 1.64. The first kappa shape index (κ1) is 16.9. The second kappa shape index (κ2) is 7.71. The Hall–Kier alpha value is -1.44. The lowest BCUT2D eigenvalue weighted by atomic mass is 10.2. The maximum Gasteiger partial charge on any atom is 0.240 e. The highest BCUT2D eigenvalue weighted by atomic mass is 32.2. The molecule has 1 amide bonds. The van der Waals surface area contributed by atoms with Gasteiger partial charge in [-0.15, -0.1) is 0 Å². The molecule has 0 aliphatic heterocycles. The zero-order valence-corrected chi connectivity index (χ0v) is 13.6. The molecule has 0 atom stereocenters. The van der Waals surface area contributed by atoms with Gasteiger partial charge in [-0.3, -0.25) is 4.79 Å². The van der Waals surface area contributed by atoms with Crippen LogP contribution in [0.2, 0.25) is 0 Å². The molecule has 0 unspecified atom stereocenters. The predicted octanol–water partition coefficient (Wildman–Crippen LogP) is 0.389. The smallest absolute Gasteiger partial charge is 0.240 e. The lowest BCUT2D eigenvalue weighted by Gasteiger charge is -2.09. The SMILES string of the molecule is Cc1ccc(S(=O)(=O)NCCNC(=O)CNCC2CC2)cc1. The highest BCUT2D eigenvalue weighted by Crippen LogP contribution is 2.27. The van der Waals surface area contributed by atoms with E-state index in [0.29, 0.717) is 0 Å². The van der Waals surface area contributed by atoms with Crippen molar-refractivity contribution in [2.45, 2.75) is 24.7 Å². The number of hydrogen-bond acceptors (Lipinski definition) is 4. The monoisotopic (exact) mass is 325 g/mol. The van der Waals surface area contributed by atoms with Crippen LogP contribution >= 0.6 is 0 Å². The Labute approximate surface area is 131 Å². The van der Waals surface area contributed by atoms with Crippen molar-refractivity contribution >= 4 is 15.9 Å². The van der Waals surface area contributed by atoms with Gasteiger partial charge in [-0.05, 0) is 44.4 Å². The van der Waals surface area contributed by atoms with E-state index in [1.54, 1.807) is 24.3 Å². The highest BCUT2D eigenvalue weighted by molar-refractivity contribution is 7.89. The first-order chi connectivity index (χ1) is 10.5. The normalized spacial score (nSPS) is 14.8. The van der Waals surface area contributed by atoms with Crippen molar-refractivity contribution in [1.29, 1.82) is 0 Å². The Morgan fingerprint density at radius 3 is 2.50 bits per heavy atom. The van der Waals surface area contributed by atoms with Crippen LogP contribution < -0.4 is 15.4 Å². The summed E-state index contributed by atoms with van der Waals surface area (Å²) in [6.45, 7) is 3.50. The van der Waals surface area contributed by atoms with Crippen LogP contribution in [0.3, 0.4) is 0 Å². The number of amides is 1. The Kier molecular flexibility index (Phi) is 5.93. The molecule has 1 aliphatic carbocycles. The summed E-state index contributed by atoms with van der Waals surface area (Å²) in [6, 6.07) is 6.64. The molecule has 0 radical (unpaired) electrons. The number of sulfonamides is 1. The standard InChI is InChI=1S/C15H23N3O3S/c1-12-2-6-14(7-3-12)22(20,21)18-9-8-17-15(19)11-16-10-13-4-5-13/h2-3,6-7,13,16,18H,4-5,8-11H2,1H3,(H,17,19). The lowest BCUT2D eigenvalue weighted by Crippen LogP contribution is -2.39. The molecule has 1 aliphatic rings. The molecule has 2 rings (SSSR count). The lowest BCUT2D eigenvalue weighted by molar-refractivity contribution is -0.120. The number of rotatable bonds is 9. The van der Waals surface area contributed by atoms with E-state index in [-0.39, 0.29) is 30.4 Å². The minimum Gasteiger partial charge on any atom is -0.354 e. The molecule has 0 bridgehead atoms. The summed E-state index contributed by atoms with van der Waals surface area (Å²) in [5.41, 5.74) is 1.00. The van der Waals surface area contributed by atoms with Gasteiger partial charge in [0.05, 0.1) is 11.4 Å². The molecule has 22 heavy (non-hydrogen) atoms. The van der Waals surface area contributed by atoms with Gasteiger partial charge < -0.3 is 10.6 Å². The molecule has 1 aromatic rings. The molecule has 122 valence electrons. The van der Waals surface area contributed by atoms with Crippen molar-refractivity contribution in [3.8, 4) is 0 Å². The number of hydrogen-bond donors (Lipinski definition) is 3. The Morgan fingerprint density at radius 2 is 1.86 bits per heavy atom. The number of benzene rings is 1. The van der Waals surface area contributed by atoms with E-state index in [1.165, 1.54) is 12.8 Å². The van der Waals surface area contributed by atoms with Gasteiger partial charge in [-0.25, -0.2) is 13.1 Å². The summed E-state index contributed by atoms with van der Waals surface area (Å²) in [7, 11) is -3.51. The molecular weight excluding hydrogens is 302 g/mol. The molecule has 1 aromatic carbocycles. The van der Waals surface area contributed by atoms with Crippen molar-refractivity contribution in [3.05, 3.63) is 29.8 Å². The average molecular weight is 325 g/mol. The summed E-state index contributed by atoms with van der Waals surface area (Å²) in [5.74, 6) is 0.615. The molecule has 7 heteroatoms. The van der Waals surface area contributed by atoms with Crippen LogP contribution in [-0.2, 0) is 14.8 Å². The highest BCUT2D eigenvalue weighted by Gasteiger charge is 2.20. The molecule has 0 saturated heterocycles. The van der Waals surface area contributed by atoms with E-state index in [9.17, 15) is 13.2 Å². The van der Waals surface area contributed by atoms with Gasteiger partial charge in [0.1, 0.15) is 0 Å². The van der Waals surface area contributed by atoms with Gasteiger partial charge in [-0.1, -0.05) is 17.7 Å². The number of carbonyl (C=O) groups excluding carboxylic acids is 1. The van der Waals surface area contributed by atoms with Crippen molar-refractivity contribution in [2.75, 3.05) is 26.2 Å². The van der Waals surface area contributed by atoms with Crippen LogP contribution in [0.5, 0.6) is 0 Å². The van der Waals surface area contributed by atoms with Crippen LogP contribution in [0.15, 0.2) is 29.2 Å². The fourth-order valence-electron chi connectivity index (χ4n) is 1.96. The van der Waals surface area contributed by atoms with Gasteiger partial charge in [-0.2, -0.15) is 0 Å². The van der Waals surface area contributed by atoms with E-state index in [1.807, 2.05) is 6.92 Å². The van der Waals surface area contributed by atoms with Crippen LogP contribution in [0, 0.1) is 12.8 Å². The topological polar surface area (TPSA) is 87.3 Å². The molecule has 3 N–H and O–H groups in total. The summed E-state index contributed by atoms with van der Waals surface area (Å²) in [6.07, 6.45) is 2.49. The van der Waals surface area contributed by atoms with E-state index in [4.69, 9.17) is 0 Å². The quantitative estimate of drug-likeness (QED) is 0.573. The average Bonchev–Trinajstić information content (AvgIpc) is 3.28. The molecule has 0 spiro atoms. The van der Waals surface area contributed by atoms with Crippen LogP contribution in [0.1, 0.15) is 18.4 Å². The third kappa shape index (κ3) is 5.75. The van der Waals surface area contributed by atoms with Gasteiger partial charge in [0, 0.05) is 13.1 Å². The van der Waals surface area contributed by atoms with Crippen LogP contribution in [-0.4, -0.2) is 40.5 Å². The van der Waals surface area contributed by atoms with Gasteiger partial charge in [0.25, 0.3) is 0 Å². The number of nitrogens with one attached hydrogen (secondary N) is 3. The van der Waals surface area contributed by atoms with Gasteiger partial charge >= 0.3 is 0 Å². The molecule has 1 fully saturated rings. The second-order valence-electron chi connectivity index (χ2n) is 5.64.